The van der Waals surface area contributed by atoms with E-state index in [0.29, 0.717) is 19.4 Å². The Morgan fingerprint density at radius 2 is 1.94 bits per heavy atom. The van der Waals surface area contributed by atoms with E-state index >= 15 is 0 Å². The largest absolute Gasteiger partial charge is 0.394 e. The van der Waals surface area contributed by atoms with Crippen molar-refractivity contribution in [1.29, 1.82) is 0 Å². The summed E-state index contributed by atoms with van der Waals surface area (Å²) in [5, 5.41) is 18.7. The van der Waals surface area contributed by atoms with Gasteiger partial charge < -0.3 is 19.7 Å². The number of hydrogen-bond acceptors (Lipinski definition) is 4. The second-order valence-electron chi connectivity index (χ2n) is 4.11. The van der Waals surface area contributed by atoms with Crippen molar-refractivity contribution >= 4 is 0 Å². The maximum absolute atomic E-state index is 9.79. The third kappa shape index (κ3) is 7.17. The van der Waals surface area contributed by atoms with Gasteiger partial charge in [-0.25, -0.2) is 0 Å². The molecule has 0 aromatic heterocycles. The van der Waals surface area contributed by atoms with Crippen molar-refractivity contribution in [2.75, 3.05) is 20.3 Å². The number of unbranched alkanes of at least 4 members (excludes halogenated alkanes) is 1. The third-order valence-corrected chi connectivity index (χ3v) is 2.74. The minimum Gasteiger partial charge on any atom is -0.394 e. The SMILES string of the molecule is CCCCOC(C)C(O)CCC(CO)OC. The number of ether oxygens (including phenoxy) is 2. The van der Waals surface area contributed by atoms with Crippen molar-refractivity contribution < 1.29 is 19.7 Å². The van der Waals surface area contributed by atoms with Gasteiger partial charge in [-0.2, -0.15) is 0 Å². The van der Waals surface area contributed by atoms with E-state index in [-0.39, 0.29) is 18.8 Å². The number of aliphatic hydroxyl groups is 2. The molecule has 0 saturated carbocycles. The summed E-state index contributed by atoms with van der Waals surface area (Å²) in [5.41, 5.74) is 0. The first-order valence-electron chi connectivity index (χ1n) is 6.09. The maximum atomic E-state index is 9.79. The summed E-state index contributed by atoms with van der Waals surface area (Å²) in [7, 11) is 1.56. The van der Waals surface area contributed by atoms with Gasteiger partial charge >= 0.3 is 0 Å². The quantitative estimate of drug-likeness (QED) is 0.560. The Bertz CT molecular complexity index is 148. The molecule has 3 unspecified atom stereocenters. The molecule has 0 saturated heterocycles. The van der Waals surface area contributed by atoms with Crippen LogP contribution in [0.15, 0.2) is 0 Å². The van der Waals surface area contributed by atoms with Gasteiger partial charge in [-0.3, -0.25) is 0 Å². The zero-order valence-electron chi connectivity index (χ0n) is 10.7. The molecule has 0 heterocycles. The highest BCUT2D eigenvalue weighted by Gasteiger charge is 2.16. The molecule has 0 aliphatic heterocycles. The normalized spacial score (nSPS) is 17.1. The Labute approximate surface area is 98.6 Å². The molecule has 0 aliphatic carbocycles. The molecule has 4 nitrogen and oxygen atoms in total. The molecule has 0 fully saturated rings. The summed E-state index contributed by atoms with van der Waals surface area (Å²) in [6.45, 7) is 4.67. The lowest BCUT2D eigenvalue weighted by molar-refractivity contribution is -0.0403. The van der Waals surface area contributed by atoms with E-state index in [1.165, 1.54) is 0 Å². The summed E-state index contributed by atoms with van der Waals surface area (Å²) in [6.07, 6.45) is 2.54. The molecule has 0 radical (unpaired) electrons. The van der Waals surface area contributed by atoms with Crippen LogP contribution in [0.25, 0.3) is 0 Å². The van der Waals surface area contributed by atoms with Gasteiger partial charge in [0.2, 0.25) is 0 Å². The lowest BCUT2D eigenvalue weighted by atomic mass is 10.1. The minimum atomic E-state index is -0.485. The van der Waals surface area contributed by atoms with Gasteiger partial charge in [-0.15, -0.1) is 0 Å². The van der Waals surface area contributed by atoms with E-state index in [9.17, 15) is 5.11 Å². The second kappa shape index (κ2) is 10.0. The zero-order chi connectivity index (χ0) is 12.4. The molecule has 2 N–H and O–H groups in total. The van der Waals surface area contributed by atoms with E-state index in [4.69, 9.17) is 14.6 Å². The molecule has 16 heavy (non-hydrogen) atoms. The molecule has 0 bridgehead atoms. The molecule has 4 heteroatoms. The van der Waals surface area contributed by atoms with Crippen LogP contribution in [0, 0.1) is 0 Å². The van der Waals surface area contributed by atoms with Gasteiger partial charge in [0.1, 0.15) is 0 Å². The van der Waals surface area contributed by atoms with E-state index in [2.05, 4.69) is 6.92 Å². The highest BCUT2D eigenvalue weighted by molar-refractivity contribution is 4.67. The van der Waals surface area contributed by atoms with Crippen molar-refractivity contribution in [3.63, 3.8) is 0 Å². The van der Waals surface area contributed by atoms with Crippen molar-refractivity contribution in [2.45, 2.75) is 57.8 Å². The Morgan fingerprint density at radius 3 is 2.44 bits per heavy atom. The van der Waals surface area contributed by atoms with Gasteiger partial charge in [0, 0.05) is 13.7 Å². The molecule has 0 rings (SSSR count). The van der Waals surface area contributed by atoms with Crippen molar-refractivity contribution in [3.8, 4) is 0 Å². The van der Waals surface area contributed by atoms with Crippen molar-refractivity contribution in [1.82, 2.24) is 0 Å². The molecular weight excluding hydrogens is 208 g/mol. The third-order valence-electron chi connectivity index (χ3n) is 2.74. The summed E-state index contributed by atoms with van der Waals surface area (Å²) in [5.74, 6) is 0. The first-order chi connectivity index (χ1) is 7.65. The number of hydrogen-bond donors (Lipinski definition) is 2. The summed E-state index contributed by atoms with van der Waals surface area (Å²) >= 11 is 0. The average molecular weight is 234 g/mol. The molecule has 0 spiro atoms. The van der Waals surface area contributed by atoms with Crippen LogP contribution in [-0.4, -0.2) is 48.8 Å². The molecule has 0 amide bonds. The molecule has 3 atom stereocenters. The first-order valence-corrected chi connectivity index (χ1v) is 6.09. The van der Waals surface area contributed by atoms with Gasteiger partial charge in [0.15, 0.2) is 0 Å². The van der Waals surface area contributed by atoms with E-state index in [0.717, 1.165) is 12.8 Å². The Morgan fingerprint density at radius 1 is 1.25 bits per heavy atom. The minimum absolute atomic E-state index is 0.00566. The number of methoxy groups -OCH3 is 1. The van der Waals surface area contributed by atoms with Crippen LogP contribution in [-0.2, 0) is 9.47 Å². The van der Waals surface area contributed by atoms with Crippen LogP contribution in [0.3, 0.4) is 0 Å². The van der Waals surface area contributed by atoms with Crippen LogP contribution in [0.2, 0.25) is 0 Å². The molecular formula is C12H26O4. The standard InChI is InChI=1S/C12H26O4/c1-4-5-8-16-10(2)12(14)7-6-11(9-13)15-3/h10-14H,4-9H2,1-3H3. The summed E-state index contributed by atoms with van der Waals surface area (Å²) in [4.78, 5) is 0. The summed E-state index contributed by atoms with van der Waals surface area (Å²) < 4.78 is 10.5. The highest BCUT2D eigenvalue weighted by atomic mass is 16.5. The van der Waals surface area contributed by atoms with Gasteiger partial charge in [0.25, 0.3) is 0 Å². The maximum Gasteiger partial charge on any atom is 0.0805 e. The fraction of sp³-hybridized carbons (Fsp3) is 1.00. The van der Waals surface area contributed by atoms with E-state index in [1.807, 2.05) is 6.92 Å². The van der Waals surface area contributed by atoms with E-state index < -0.39 is 6.10 Å². The molecule has 0 aromatic rings. The highest BCUT2D eigenvalue weighted by Crippen LogP contribution is 2.10. The Hall–Kier alpha value is -0.160. The van der Waals surface area contributed by atoms with E-state index in [1.54, 1.807) is 7.11 Å². The average Bonchev–Trinajstić information content (AvgIpc) is 2.30. The van der Waals surface area contributed by atoms with Crippen molar-refractivity contribution in [2.24, 2.45) is 0 Å². The van der Waals surface area contributed by atoms with Crippen LogP contribution >= 0.6 is 0 Å². The monoisotopic (exact) mass is 234 g/mol. The van der Waals surface area contributed by atoms with Crippen LogP contribution in [0.5, 0.6) is 0 Å². The van der Waals surface area contributed by atoms with Crippen LogP contribution in [0.1, 0.15) is 39.5 Å². The first kappa shape index (κ1) is 15.8. The molecule has 0 aliphatic rings. The molecule has 98 valence electrons. The number of aliphatic hydroxyl groups excluding tert-OH is 2. The predicted octanol–water partition coefficient (Wildman–Crippen LogP) is 1.34. The Kier molecular flexibility index (Phi) is 9.92. The topological polar surface area (TPSA) is 58.9 Å². The number of rotatable bonds is 10. The second-order valence-corrected chi connectivity index (χ2v) is 4.11. The lowest BCUT2D eigenvalue weighted by Crippen LogP contribution is -2.28. The van der Waals surface area contributed by atoms with Crippen molar-refractivity contribution in [3.05, 3.63) is 0 Å². The fourth-order valence-corrected chi connectivity index (χ4v) is 1.40. The predicted molar refractivity (Wildman–Crippen MR) is 63.4 cm³/mol. The zero-order valence-corrected chi connectivity index (χ0v) is 10.7. The van der Waals surface area contributed by atoms with Gasteiger partial charge in [-0.1, -0.05) is 13.3 Å². The van der Waals surface area contributed by atoms with Crippen LogP contribution in [0.4, 0.5) is 0 Å². The Balaban J connectivity index is 3.64. The fourth-order valence-electron chi connectivity index (χ4n) is 1.40. The van der Waals surface area contributed by atoms with Gasteiger partial charge in [0.05, 0.1) is 24.9 Å². The summed E-state index contributed by atoms with van der Waals surface area (Å²) in [6, 6.07) is 0. The lowest BCUT2D eigenvalue weighted by Gasteiger charge is -2.21. The smallest absolute Gasteiger partial charge is 0.0805 e. The molecule has 0 aromatic carbocycles. The van der Waals surface area contributed by atoms with Gasteiger partial charge in [-0.05, 0) is 26.2 Å². The van der Waals surface area contributed by atoms with Crippen LogP contribution < -0.4 is 0 Å².